The van der Waals surface area contributed by atoms with Gasteiger partial charge in [-0.2, -0.15) is 0 Å². The maximum Gasteiger partial charge on any atom is 0.0192 e. The van der Waals surface area contributed by atoms with Crippen molar-refractivity contribution >= 4 is 0 Å². The fourth-order valence-electron chi connectivity index (χ4n) is 4.49. The average Bonchev–Trinajstić information content (AvgIpc) is 2.27. The van der Waals surface area contributed by atoms with Crippen molar-refractivity contribution in [1.29, 1.82) is 0 Å². The maximum absolute atomic E-state index is 3.78. The monoisotopic (exact) mass is 195 g/mol. The van der Waals surface area contributed by atoms with Crippen molar-refractivity contribution in [2.75, 3.05) is 6.54 Å². The van der Waals surface area contributed by atoms with E-state index >= 15 is 0 Å². The van der Waals surface area contributed by atoms with Crippen molar-refractivity contribution in [2.45, 2.75) is 65.3 Å². The van der Waals surface area contributed by atoms with Gasteiger partial charge in [0, 0.05) is 5.54 Å². The summed E-state index contributed by atoms with van der Waals surface area (Å²) in [6.45, 7) is 11.0. The third-order valence-corrected chi connectivity index (χ3v) is 3.92. The Morgan fingerprint density at radius 2 is 1.43 bits per heavy atom. The van der Waals surface area contributed by atoms with E-state index in [0.717, 1.165) is 0 Å². The fourth-order valence-corrected chi connectivity index (χ4v) is 4.49. The molecule has 0 radical (unpaired) electrons. The van der Waals surface area contributed by atoms with Crippen LogP contribution in [0.3, 0.4) is 0 Å². The van der Waals surface area contributed by atoms with Gasteiger partial charge >= 0.3 is 0 Å². The molecule has 1 saturated heterocycles. The summed E-state index contributed by atoms with van der Waals surface area (Å²) in [5, 5.41) is 3.78. The Hall–Kier alpha value is -0.0400. The molecule has 1 aliphatic carbocycles. The van der Waals surface area contributed by atoms with Crippen LogP contribution in [0.25, 0.3) is 0 Å². The van der Waals surface area contributed by atoms with Gasteiger partial charge < -0.3 is 5.32 Å². The highest BCUT2D eigenvalue weighted by Crippen LogP contribution is 2.52. The van der Waals surface area contributed by atoms with Crippen molar-refractivity contribution in [3.63, 3.8) is 0 Å². The lowest BCUT2D eigenvalue weighted by atomic mass is 9.58. The van der Waals surface area contributed by atoms with E-state index < -0.39 is 0 Å². The Labute approximate surface area is 88.7 Å². The molecule has 1 heteroatoms. The van der Waals surface area contributed by atoms with Gasteiger partial charge in [0.2, 0.25) is 0 Å². The van der Waals surface area contributed by atoms with Crippen LogP contribution in [0.15, 0.2) is 0 Å². The molecule has 82 valence electrons. The van der Waals surface area contributed by atoms with Gasteiger partial charge in [-0.1, -0.05) is 27.7 Å². The lowest BCUT2D eigenvalue weighted by Crippen LogP contribution is -2.51. The largest absolute Gasteiger partial charge is 0.311 e. The Morgan fingerprint density at radius 3 is 1.86 bits per heavy atom. The third kappa shape index (κ3) is 1.98. The molecule has 2 aliphatic rings. The van der Waals surface area contributed by atoms with Crippen LogP contribution in [0.1, 0.15) is 59.8 Å². The first-order chi connectivity index (χ1) is 6.33. The quantitative estimate of drug-likeness (QED) is 0.625. The fraction of sp³-hybridized carbons (Fsp3) is 1.00. The second-order valence-electron chi connectivity index (χ2n) is 7.17. The summed E-state index contributed by atoms with van der Waals surface area (Å²) >= 11 is 0. The van der Waals surface area contributed by atoms with Gasteiger partial charge in [0.25, 0.3) is 0 Å². The summed E-state index contributed by atoms with van der Waals surface area (Å²) in [6.07, 6.45) is 6.92. The smallest absolute Gasteiger partial charge is 0.0192 e. The number of rotatable bonds is 0. The van der Waals surface area contributed by atoms with Gasteiger partial charge in [0.15, 0.2) is 0 Å². The second kappa shape index (κ2) is 2.98. The van der Waals surface area contributed by atoms with Crippen LogP contribution >= 0.6 is 0 Å². The van der Waals surface area contributed by atoms with Crippen molar-refractivity contribution in [3.05, 3.63) is 0 Å². The molecule has 2 rings (SSSR count). The average molecular weight is 195 g/mol. The van der Waals surface area contributed by atoms with Gasteiger partial charge in [0.05, 0.1) is 0 Å². The van der Waals surface area contributed by atoms with Crippen LogP contribution in [-0.2, 0) is 0 Å². The molecule has 0 aromatic rings. The zero-order valence-corrected chi connectivity index (χ0v) is 10.2. The lowest BCUT2D eigenvalue weighted by Gasteiger charge is -2.51. The normalized spacial score (nSPS) is 33.4. The highest BCUT2D eigenvalue weighted by molar-refractivity contribution is 5.04. The molecule has 2 fully saturated rings. The zero-order valence-electron chi connectivity index (χ0n) is 10.2. The molecule has 14 heavy (non-hydrogen) atoms. The van der Waals surface area contributed by atoms with Crippen molar-refractivity contribution in [2.24, 2.45) is 10.8 Å². The maximum atomic E-state index is 3.78. The van der Waals surface area contributed by atoms with Gasteiger partial charge in [0.1, 0.15) is 0 Å². The topological polar surface area (TPSA) is 12.0 Å². The Kier molecular flexibility index (Phi) is 2.23. The summed E-state index contributed by atoms with van der Waals surface area (Å²) in [6, 6.07) is 0. The highest BCUT2D eigenvalue weighted by Gasteiger charge is 2.48. The van der Waals surface area contributed by atoms with Crippen LogP contribution in [0.2, 0.25) is 0 Å². The van der Waals surface area contributed by atoms with E-state index in [0.29, 0.717) is 16.4 Å². The van der Waals surface area contributed by atoms with E-state index in [2.05, 4.69) is 33.0 Å². The van der Waals surface area contributed by atoms with Crippen molar-refractivity contribution in [1.82, 2.24) is 5.32 Å². The Bertz CT molecular complexity index is 203. The summed E-state index contributed by atoms with van der Waals surface area (Å²) in [5.74, 6) is 0. The molecule has 1 N–H and O–H groups in total. The van der Waals surface area contributed by atoms with Crippen molar-refractivity contribution in [3.8, 4) is 0 Å². The van der Waals surface area contributed by atoms with Crippen LogP contribution in [0.4, 0.5) is 0 Å². The third-order valence-electron chi connectivity index (χ3n) is 3.92. The van der Waals surface area contributed by atoms with E-state index in [1.165, 1.54) is 38.6 Å². The summed E-state index contributed by atoms with van der Waals surface area (Å²) < 4.78 is 0. The van der Waals surface area contributed by atoms with Crippen LogP contribution < -0.4 is 5.32 Å². The van der Waals surface area contributed by atoms with Crippen LogP contribution in [0, 0.1) is 10.8 Å². The molecule has 1 saturated carbocycles. The molecule has 0 amide bonds. The first kappa shape index (κ1) is 10.5. The Morgan fingerprint density at radius 1 is 0.857 bits per heavy atom. The molecular formula is C13H25N. The zero-order chi connectivity index (χ0) is 10.4. The van der Waals surface area contributed by atoms with E-state index in [4.69, 9.17) is 0 Å². The van der Waals surface area contributed by atoms with Gasteiger partial charge in [-0.3, -0.25) is 0 Å². The molecule has 1 spiro atoms. The predicted octanol–water partition coefficient (Wildman–Crippen LogP) is 3.34. The Balaban J connectivity index is 2.20. The van der Waals surface area contributed by atoms with E-state index in [1.807, 2.05) is 0 Å². The molecule has 0 aromatic heterocycles. The summed E-state index contributed by atoms with van der Waals surface area (Å²) in [7, 11) is 0. The minimum Gasteiger partial charge on any atom is -0.311 e. The lowest BCUT2D eigenvalue weighted by molar-refractivity contribution is 0.0383. The summed E-state index contributed by atoms with van der Waals surface area (Å²) in [5.41, 5.74) is 1.55. The minimum absolute atomic E-state index is 0.491. The molecule has 0 atom stereocenters. The molecule has 1 nitrogen and oxygen atoms in total. The molecule has 0 bridgehead atoms. The molecular weight excluding hydrogens is 170 g/mol. The van der Waals surface area contributed by atoms with E-state index in [1.54, 1.807) is 0 Å². The van der Waals surface area contributed by atoms with Crippen LogP contribution in [0.5, 0.6) is 0 Å². The first-order valence-electron chi connectivity index (χ1n) is 6.08. The molecule has 1 heterocycles. The number of hydrogen-bond acceptors (Lipinski definition) is 1. The molecule has 1 aliphatic heterocycles. The minimum atomic E-state index is 0.491. The molecule has 0 aromatic carbocycles. The SMILES string of the molecule is CC1(C)CC(C)(C)CC2(CCCN2)C1. The number of nitrogens with one attached hydrogen (secondary N) is 1. The van der Waals surface area contributed by atoms with Crippen molar-refractivity contribution < 1.29 is 0 Å². The highest BCUT2D eigenvalue weighted by atomic mass is 15.0. The predicted molar refractivity (Wildman–Crippen MR) is 61.4 cm³/mol. The van der Waals surface area contributed by atoms with E-state index in [9.17, 15) is 0 Å². The van der Waals surface area contributed by atoms with E-state index in [-0.39, 0.29) is 0 Å². The van der Waals surface area contributed by atoms with Gasteiger partial charge in [-0.05, 0) is 49.5 Å². The summed E-state index contributed by atoms with van der Waals surface area (Å²) in [4.78, 5) is 0. The van der Waals surface area contributed by atoms with Crippen LogP contribution in [-0.4, -0.2) is 12.1 Å². The standard InChI is InChI=1S/C13H25N/c1-11(2)8-12(3,4)10-13(9-11)6-5-7-14-13/h14H,5-10H2,1-4H3. The molecule has 0 unspecified atom stereocenters. The first-order valence-corrected chi connectivity index (χ1v) is 6.08. The van der Waals surface area contributed by atoms with Gasteiger partial charge in [-0.25, -0.2) is 0 Å². The van der Waals surface area contributed by atoms with Gasteiger partial charge in [-0.15, -0.1) is 0 Å². The second-order valence-corrected chi connectivity index (χ2v) is 7.17. The number of hydrogen-bond donors (Lipinski definition) is 1.